The molecule has 0 saturated carbocycles. The van der Waals surface area contributed by atoms with Crippen LogP contribution in [0, 0.1) is 0 Å². The third-order valence-corrected chi connectivity index (χ3v) is 4.85. The first kappa shape index (κ1) is 20.3. The lowest BCUT2D eigenvalue weighted by molar-refractivity contribution is 0.349. The van der Waals surface area contributed by atoms with Crippen LogP contribution in [-0.2, 0) is 15.5 Å². The van der Waals surface area contributed by atoms with Gasteiger partial charge in [0.1, 0.15) is 5.75 Å². The van der Waals surface area contributed by atoms with Crippen LogP contribution in [0.1, 0.15) is 76.7 Å². The molecule has 0 aliphatic carbocycles. The number of aryl methyl sites for hydroxylation is 1. The van der Waals surface area contributed by atoms with E-state index in [9.17, 15) is 4.57 Å². The van der Waals surface area contributed by atoms with Gasteiger partial charge < -0.3 is 9.05 Å². The molecule has 1 unspecified atom stereocenters. The number of benzene rings is 1. The van der Waals surface area contributed by atoms with Crippen LogP contribution in [0.4, 0.5) is 0 Å². The molecule has 0 spiro atoms. The lowest BCUT2D eigenvalue weighted by atomic mass is 10.0. The third-order valence-electron chi connectivity index (χ3n) is 4.11. The minimum atomic E-state index is -2.38. The smallest absolute Gasteiger partial charge is 0.367 e. The molecule has 0 amide bonds. The average Bonchev–Trinajstić information content (AvgIpc) is 2.58. The van der Waals surface area contributed by atoms with Crippen LogP contribution in [0.25, 0.3) is 0 Å². The summed E-state index contributed by atoms with van der Waals surface area (Å²) in [6.45, 7) is 2.27. The van der Waals surface area contributed by atoms with Gasteiger partial charge in [0, 0.05) is 7.11 Å². The lowest BCUT2D eigenvalue weighted by Crippen LogP contribution is -1.88. The fourth-order valence-electron chi connectivity index (χ4n) is 2.68. The summed E-state index contributed by atoms with van der Waals surface area (Å²) in [6, 6.07) is 7.84. The van der Waals surface area contributed by atoms with Crippen molar-refractivity contribution in [1.29, 1.82) is 0 Å². The molecule has 0 aliphatic rings. The topological polar surface area (TPSA) is 35.5 Å². The first-order valence-corrected chi connectivity index (χ1v) is 10.3. The highest BCUT2D eigenvalue weighted by molar-refractivity contribution is 7.33. The van der Waals surface area contributed by atoms with Gasteiger partial charge in [-0.1, -0.05) is 76.8 Å². The van der Waals surface area contributed by atoms with E-state index in [2.05, 4.69) is 11.4 Å². The van der Waals surface area contributed by atoms with E-state index in [1.807, 2.05) is 24.3 Å². The van der Waals surface area contributed by atoms with E-state index < -0.39 is 8.25 Å². The van der Waals surface area contributed by atoms with E-state index >= 15 is 0 Å². The molecule has 3 nitrogen and oxygen atoms in total. The molecule has 1 atom stereocenters. The van der Waals surface area contributed by atoms with E-state index in [0.717, 1.165) is 6.42 Å². The van der Waals surface area contributed by atoms with Crippen LogP contribution in [0.3, 0.4) is 0 Å². The summed E-state index contributed by atoms with van der Waals surface area (Å²) in [5.74, 6) is 0.613. The molecular formula is C19H33O3P. The van der Waals surface area contributed by atoms with Crippen LogP contribution in [0.5, 0.6) is 5.75 Å². The van der Waals surface area contributed by atoms with Crippen LogP contribution in [-0.4, -0.2) is 7.11 Å². The summed E-state index contributed by atoms with van der Waals surface area (Å²) in [6.07, 6.45) is 14.7. The number of unbranched alkanes of at least 4 members (excludes halogenated alkanes) is 9. The maximum atomic E-state index is 11.2. The van der Waals surface area contributed by atoms with Gasteiger partial charge >= 0.3 is 8.25 Å². The Kier molecular flexibility index (Phi) is 12.0. The largest absolute Gasteiger partial charge is 0.426 e. The third kappa shape index (κ3) is 10.6. The molecule has 0 aliphatic heterocycles. The quantitative estimate of drug-likeness (QED) is 0.284. The summed E-state index contributed by atoms with van der Waals surface area (Å²) >= 11 is 0. The maximum Gasteiger partial charge on any atom is 0.367 e. The molecule has 0 radical (unpaired) electrons. The molecule has 1 aromatic rings. The fraction of sp³-hybridized carbons (Fsp3) is 0.684. The molecule has 1 rings (SSSR count). The number of hydrogen-bond acceptors (Lipinski definition) is 3. The Morgan fingerprint density at radius 3 is 1.87 bits per heavy atom. The summed E-state index contributed by atoms with van der Waals surface area (Å²) in [5, 5.41) is 0. The zero-order valence-corrected chi connectivity index (χ0v) is 15.8. The minimum absolute atomic E-state index is 0.613. The highest BCUT2D eigenvalue weighted by Crippen LogP contribution is 2.27. The van der Waals surface area contributed by atoms with Gasteiger partial charge in [-0.3, -0.25) is 0 Å². The van der Waals surface area contributed by atoms with Crippen LogP contribution in [0.2, 0.25) is 0 Å². The van der Waals surface area contributed by atoms with Crippen molar-refractivity contribution in [2.24, 2.45) is 0 Å². The number of rotatable bonds is 14. The highest BCUT2D eigenvalue weighted by atomic mass is 31.1. The van der Waals surface area contributed by atoms with E-state index in [0.29, 0.717) is 5.75 Å². The van der Waals surface area contributed by atoms with Crippen LogP contribution < -0.4 is 4.52 Å². The molecule has 0 bridgehead atoms. The van der Waals surface area contributed by atoms with Crippen molar-refractivity contribution in [1.82, 2.24) is 0 Å². The molecule has 132 valence electrons. The zero-order valence-electron chi connectivity index (χ0n) is 14.8. The fourth-order valence-corrected chi connectivity index (χ4v) is 3.09. The van der Waals surface area contributed by atoms with Crippen molar-refractivity contribution in [3.8, 4) is 5.75 Å². The maximum absolute atomic E-state index is 11.2. The number of hydrogen-bond donors (Lipinski definition) is 0. The van der Waals surface area contributed by atoms with Crippen molar-refractivity contribution in [3.05, 3.63) is 29.8 Å². The standard InChI is InChI=1S/C19H33O3P/c1-3-4-5-6-7-8-9-10-11-12-13-18-14-16-19(17-15-18)22-23(20)21-2/h14-17,23H,3-13H2,1-2H3. The predicted octanol–water partition coefficient (Wildman–Crippen LogP) is 6.56. The summed E-state index contributed by atoms with van der Waals surface area (Å²) in [7, 11) is -0.991. The minimum Gasteiger partial charge on any atom is -0.426 e. The van der Waals surface area contributed by atoms with Crippen molar-refractivity contribution >= 4 is 8.25 Å². The van der Waals surface area contributed by atoms with E-state index in [1.54, 1.807) is 0 Å². The van der Waals surface area contributed by atoms with Crippen molar-refractivity contribution < 1.29 is 13.6 Å². The Morgan fingerprint density at radius 1 is 0.826 bits per heavy atom. The molecule has 23 heavy (non-hydrogen) atoms. The molecule has 0 saturated heterocycles. The van der Waals surface area contributed by atoms with Crippen LogP contribution in [0.15, 0.2) is 24.3 Å². The Hall–Kier alpha value is -0.790. The SMILES string of the molecule is CCCCCCCCCCCCc1ccc(O[PH](=O)OC)cc1. The van der Waals surface area contributed by atoms with Gasteiger partial charge in [0.05, 0.1) is 0 Å². The molecule has 4 heteroatoms. The van der Waals surface area contributed by atoms with E-state index in [4.69, 9.17) is 4.52 Å². The normalized spacial score (nSPS) is 12.3. The Bertz CT molecular complexity index is 417. The van der Waals surface area contributed by atoms with Crippen molar-refractivity contribution in [3.63, 3.8) is 0 Å². The summed E-state index contributed by atoms with van der Waals surface area (Å²) < 4.78 is 21.0. The Morgan fingerprint density at radius 2 is 1.35 bits per heavy atom. The molecule has 0 fully saturated rings. The van der Waals surface area contributed by atoms with Gasteiger partial charge in [-0.2, -0.15) is 0 Å². The Balaban J connectivity index is 2.02. The second-order valence-electron chi connectivity index (χ2n) is 6.13. The van der Waals surface area contributed by atoms with Gasteiger partial charge in [0.2, 0.25) is 0 Å². The van der Waals surface area contributed by atoms with Crippen molar-refractivity contribution in [2.45, 2.75) is 77.6 Å². The monoisotopic (exact) mass is 340 g/mol. The molecular weight excluding hydrogens is 307 g/mol. The first-order chi connectivity index (χ1) is 11.3. The van der Waals surface area contributed by atoms with Gasteiger partial charge in [-0.15, -0.1) is 0 Å². The zero-order chi connectivity index (χ0) is 16.8. The highest BCUT2D eigenvalue weighted by Gasteiger charge is 2.00. The molecule has 1 aromatic carbocycles. The van der Waals surface area contributed by atoms with Crippen LogP contribution >= 0.6 is 8.25 Å². The lowest BCUT2D eigenvalue weighted by Gasteiger charge is -2.06. The first-order valence-electron chi connectivity index (χ1n) is 9.11. The summed E-state index contributed by atoms with van der Waals surface area (Å²) in [5.41, 5.74) is 1.31. The van der Waals surface area contributed by atoms with E-state index in [-0.39, 0.29) is 0 Å². The van der Waals surface area contributed by atoms with E-state index in [1.165, 1.54) is 76.9 Å². The van der Waals surface area contributed by atoms with Gasteiger partial charge in [0.25, 0.3) is 0 Å². The average molecular weight is 340 g/mol. The van der Waals surface area contributed by atoms with Gasteiger partial charge in [0.15, 0.2) is 0 Å². The predicted molar refractivity (Wildman–Crippen MR) is 98.6 cm³/mol. The molecule has 0 aromatic heterocycles. The molecule has 0 heterocycles. The van der Waals surface area contributed by atoms with Gasteiger partial charge in [-0.05, 0) is 30.5 Å². The molecule has 0 N–H and O–H groups in total. The summed E-state index contributed by atoms with van der Waals surface area (Å²) in [4.78, 5) is 0. The van der Waals surface area contributed by atoms with Gasteiger partial charge in [-0.25, -0.2) is 4.57 Å². The second kappa shape index (κ2) is 13.6. The van der Waals surface area contributed by atoms with Crippen molar-refractivity contribution in [2.75, 3.05) is 7.11 Å². The Labute approximate surface area is 142 Å². The second-order valence-corrected chi connectivity index (χ2v) is 7.24.